The fraction of sp³-hybridized carbons (Fsp3) is 0. The average Bonchev–Trinajstić information content (AvgIpc) is 2.26. The van der Waals surface area contributed by atoms with Crippen molar-refractivity contribution in [1.82, 2.24) is 0 Å². The Morgan fingerprint density at radius 2 is 1.28 bits per heavy atom. The number of benzene rings is 1. The van der Waals surface area contributed by atoms with Crippen LogP contribution >= 0.6 is 0 Å². The molecule has 0 radical (unpaired) electrons. The number of hydrogen-bond donors (Lipinski definition) is 0. The summed E-state index contributed by atoms with van der Waals surface area (Å²) >= 11 is 0. The van der Waals surface area contributed by atoms with Crippen molar-refractivity contribution in [2.24, 2.45) is 0 Å². The van der Waals surface area contributed by atoms with Gasteiger partial charge in [-0.25, -0.2) is 0 Å². The lowest BCUT2D eigenvalue weighted by atomic mass is 10.00. The number of aromatic carboxylic acids is 3. The molecule has 1 aromatic carbocycles. The summed E-state index contributed by atoms with van der Waals surface area (Å²) < 4.78 is 0. The molecule has 0 saturated carbocycles. The molecule has 9 heteroatoms. The molecule has 1 aromatic rings. The Hall–Kier alpha value is -2.97. The van der Waals surface area contributed by atoms with Gasteiger partial charge >= 0.3 is 0 Å². The number of carboxylic acid groups (broad SMARTS) is 3. The van der Waals surface area contributed by atoms with Gasteiger partial charge in [-0.05, 0) is 0 Å². The van der Waals surface area contributed by atoms with Crippen LogP contribution in [0.4, 0.5) is 5.69 Å². The summed E-state index contributed by atoms with van der Waals surface area (Å²) in [7, 11) is 0. The Kier molecular flexibility index (Phi) is 3.27. The predicted octanol–water partition coefficient (Wildman–Crippen LogP) is -3.31. The monoisotopic (exact) mass is 252 g/mol. The molecule has 0 unspecified atom stereocenters. The van der Waals surface area contributed by atoms with Crippen LogP contribution in [0.3, 0.4) is 0 Å². The lowest BCUT2D eigenvalue weighted by molar-refractivity contribution is -0.385. The lowest BCUT2D eigenvalue weighted by Gasteiger charge is -2.16. The number of carbonyl (C=O) groups excluding carboxylic acids is 3. The van der Waals surface area contributed by atoms with Crippen LogP contribution in [-0.2, 0) is 0 Å². The molecule has 0 aliphatic rings. The van der Waals surface area contributed by atoms with Crippen LogP contribution in [0.25, 0.3) is 0 Å². The van der Waals surface area contributed by atoms with Crippen molar-refractivity contribution >= 4 is 23.6 Å². The van der Waals surface area contributed by atoms with Crippen LogP contribution in [-0.4, -0.2) is 22.8 Å². The molecule has 0 aromatic heterocycles. The van der Waals surface area contributed by atoms with Gasteiger partial charge in [-0.2, -0.15) is 0 Å². The minimum absolute atomic E-state index is 0.368. The maximum atomic E-state index is 10.7. The third-order valence-electron chi connectivity index (χ3n) is 1.98. The summed E-state index contributed by atoms with van der Waals surface area (Å²) in [4.78, 5) is 41.3. The van der Waals surface area contributed by atoms with Crippen molar-refractivity contribution in [3.05, 3.63) is 38.9 Å². The predicted molar refractivity (Wildman–Crippen MR) is 46.1 cm³/mol. The molecular weight excluding hydrogens is 250 g/mol. The maximum absolute atomic E-state index is 10.7. The molecule has 0 fully saturated rings. The molecule has 0 spiro atoms. The van der Waals surface area contributed by atoms with E-state index in [1.807, 2.05) is 0 Å². The van der Waals surface area contributed by atoms with E-state index < -0.39 is 45.2 Å². The molecule has 0 bridgehead atoms. The standard InChI is InChI=1S/C9H5NO8/c11-7(12)4-1-3(10(17)18)2-5(8(13)14)6(4)9(15)16/h1-2H,(H,11,12)(H,13,14)(H,15,16)/p-3. The van der Waals surface area contributed by atoms with Gasteiger partial charge < -0.3 is 29.7 Å². The number of hydrogen-bond acceptors (Lipinski definition) is 8. The lowest BCUT2D eigenvalue weighted by Crippen LogP contribution is -2.34. The van der Waals surface area contributed by atoms with Crippen LogP contribution in [0.2, 0.25) is 0 Å². The quantitative estimate of drug-likeness (QED) is 0.396. The first-order valence-electron chi connectivity index (χ1n) is 4.22. The zero-order valence-electron chi connectivity index (χ0n) is 8.37. The Labute approximate surface area is 98.0 Å². The second-order valence-electron chi connectivity index (χ2n) is 3.04. The smallest absolute Gasteiger partial charge is 0.270 e. The molecule has 0 N–H and O–H groups in total. The van der Waals surface area contributed by atoms with Gasteiger partial charge in [-0.3, -0.25) is 10.1 Å². The minimum atomic E-state index is -2.12. The van der Waals surface area contributed by atoms with Gasteiger partial charge in [-0.1, -0.05) is 0 Å². The Morgan fingerprint density at radius 3 is 1.50 bits per heavy atom. The average molecular weight is 252 g/mol. The molecule has 94 valence electrons. The summed E-state index contributed by atoms with van der Waals surface area (Å²) in [6.07, 6.45) is 0. The van der Waals surface area contributed by atoms with E-state index in [0.717, 1.165) is 0 Å². The zero-order valence-corrected chi connectivity index (χ0v) is 8.37. The third kappa shape index (κ3) is 2.24. The van der Waals surface area contributed by atoms with E-state index in [1.54, 1.807) is 0 Å². The number of carbonyl (C=O) groups is 3. The first-order chi connectivity index (χ1) is 8.25. The van der Waals surface area contributed by atoms with Crippen molar-refractivity contribution in [2.45, 2.75) is 0 Å². The number of rotatable bonds is 4. The Bertz CT molecular complexity index is 541. The number of nitro groups is 1. The van der Waals surface area contributed by atoms with Crippen LogP contribution in [0.5, 0.6) is 0 Å². The first-order valence-corrected chi connectivity index (χ1v) is 4.22. The second-order valence-corrected chi connectivity index (χ2v) is 3.04. The molecule has 0 saturated heterocycles. The fourth-order valence-electron chi connectivity index (χ4n) is 1.27. The van der Waals surface area contributed by atoms with E-state index in [9.17, 15) is 39.8 Å². The van der Waals surface area contributed by atoms with Crippen LogP contribution in [0.1, 0.15) is 31.1 Å². The van der Waals surface area contributed by atoms with Gasteiger partial charge in [0.1, 0.15) is 0 Å². The number of carboxylic acids is 3. The molecule has 0 aliphatic heterocycles. The number of nitrogens with zero attached hydrogens (tertiary/aromatic N) is 1. The van der Waals surface area contributed by atoms with Gasteiger partial charge in [0, 0.05) is 28.8 Å². The number of nitro benzene ring substituents is 1. The third-order valence-corrected chi connectivity index (χ3v) is 1.98. The summed E-state index contributed by atoms with van der Waals surface area (Å²) in [5.41, 5.74) is -4.48. The molecule has 1 rings (SSSR count). The highest BCUT2D eigenvalue weighted by Crippen LogP contribution is 2.22. The van der Waals surface area contributed by atoms with Crippen molar-refractivity contribution in [3.63, 3.8) is 0 Å². The topological polar surface area (TPSA) is 164 Å². The van der Waals surface area contributed by atoms with E-state index in [2.05, 4.69) is 0 Å². The van der Waals surface area contributed by atoms with Gasteiger partial charge in [0.05, 0.1) is 22.8 Å². The molecule has 0 atom stereocenters. The summed E-state index contributed by atoms with van der Waals surface area (Å²) in [6.45, 7) is 0. The SMILES string of the molecule is O=C([O-])c1cc([N+](=O)[O-])cc(C(=O)[O-])c1C(=O)[O-]. The largest absolute Gasteiger partial charge is 0.545 e. The van der Waals surface area contributed by atoms with E-state index in [-0.39, 0.29) is 0 Å². The highest BCUT2D eigenvalue weighted by atomic mass is 16.6. The molecule has 0 aliphatic carbocycles. The maximum Gasteiger partial charge on any atom is 0.270 e. The summed E-state index contributed by atoms with van der Waals surface area (Å²) in [6, 6.07) is 0.736. The summed E-state index contributed by atoms with van der Waals surface area (Å²) in [5, 5.41) is 42.4. The van der Waals surface area contributed by atoms with Gasteiger partial charge in [0.2, 0.25) is 0 Å². The van der Waals surface area contributed by atoms with Gasteiger partial charge in [-0.15, -0.1) is 0 Å². The van der Waals surface area contributed by atoms with Gasteiger partial charge in [0.25, 0.3) is 5.69 Å². The van der Waals surface area contributed by atoms with Crippen molar-refractivity contribution in [1.29, 1.82) is 0 Å². The van der Waals surface area contributed by atoms with Crippen LogP contribution < -0.4 is 15.3 Å². The molecular formula is C9H2NO8-3. The fourth-order valence-corrected chi connectivity index (χ4v) is 1.27. The normalized spacial score (nSPS) is 9.78. The van der Waals surface area contributed by atoms with E-state index in [1.165, 1.54) is 0 Å². The Morgan fingerprint density at radius 1 is 0.889 bits per heavy atom. The first kappa shape index (κ1) is 13.1. The van der Waals surface area contributed by atoms with Gasteiger partial charge in [0.15, 0.2) is 0 Å². The highest BCUT2D eigenvalue weighted by molar-refractivity contribution is 6.08. The highest BCUT2D eigenvalue weighted by Gasteiger charge is 2.18. The van der Waals surface area contributed by atoms with Crippen LogP contribution in [0, 0.1) is 10.1 Å². The summed E-state index contributed by atoms with van der Waals surface area (Å²) in [5.74, 6) is -6.29. The van der Waals surface area contributed by atoms with Crippen LogP contribution in [0.15, 0.2) is 12.1 Å². The molecule has 0 amide bonds. The molecule has 9 nitrogen and oxygen atoms in total. The van der Waals surface area contributed by atoms with E-state index >= 15 is 0 Å². The minimum Gasteiger partial charge on any atom is -0.545 e. The Balaban J connectivity index is 3.76. The van der Waals surface area contributed by atoms with Crippen molar-refractivity contribution in [3.8, 4) is 0 Å². The molecule has 0 heterocycles. The molecule has 18 heavy (non-hydrogen) atoms. The van der Waals surface area contributed by atoms with E-state index in [4.69, 9.17) is 0 Å². The number of non-ortho nitro benzene ring substituents is 1. The zero-order chi connectivity index (χ0) is 14.0. The van der Waals surface area contributed by atoms with Crippen molar-refractivity contribution < 1.29 is 34.6 Å². The second kappa shape index (κ2) is 4.49. The van der Waals surface area contributed by atoms with Crippen molar-refractivity contribution in [2.75, 3.05) is 0 Å². The van der Waals surface area contributed by atoms with E-state index in [0.29, 0.717) is 12.1 Å².